The van der Waals surface area contributed by atoms with Gasteiger partial charge in [-0.2, -0.15) is 0 Å². The third-order valence-electron chi connectivity index (χ3n) is 3.48. The van der Waals surface area contributed by atoms with Crippen LogP contribution >= 0.6 is 11.6 Å². The van der Waals surface area contributed by atoms with Crippen LogP contribution in [-0.2, 0) is 11.3 Å². The molecule has 0 aliphatic heterocycles. The van der Waals surface area contributed by atoms with Crippen LogP contribution < -0.4 is 5.32 Å². The topological polar surface area (TPSA) is 49.4 Å². The Bertz CT molecular complexity index is 698. The van der Waals surface area contributed by atoms with Crippen molar-refractivity contribution < 1.29 is 9.59 Å². The Hall–Kier alpha value is -2.33. The van der Waals surface area contributed by atoms with Gasteiger partial charge in [-0.3, -0.25) is 9.59 Å². The van der Waals surface area contributed by atoms with Gasteiger partial charge in [0.15, 0.2) is 0 Å². The average molecular weight is 331 g/mol. The average Bonchev–Trinajstić information content (AvgIpc) is 2.54. The van der Waals surface area contributed by atoms with Crippen molar-refractivity contribution in [1.29, 1.82) is 0 Å². The summed E-state index contributed by atoms with van der Waals surface area (Å²) >= 11 is 5.96. The van der Waals surface area contributed by atoms with E-state index in [1.165, 1.54) is 5.56 Å². The molecule has 2 rings (SSSR count). The quantitative estimate of drug-likeness (QED) is 0.916. The van der Waals surface area contributed by atoms with Crippen LogP contribution in [0.1, 0.15) is 21.5 Å². The van der Waals surface area contributed by atoms with Gasteiger partial charge in [0.05, 0.1) is 17.1 Å². The van der Waals surface area contributed by atoms with Crippen LogP contribution in [0.5, 0.6) is 0 Å². The molecular weight excluding hydrogens is 312 g/mol. The number of benzene rings is 2. The van der Waals surface area contributed by atoms with E-state index in [4.69, 9.17) is 11.6 Å². The molecule has 0 spiro atoms. The molecule has 1 N–H and O–H groups in total. The van der Waals surface area contributed by atoms with Gasteiger partial charge in [-0.25, -0.2) is 0 Å². The number of nitrogens with one attached hydrogen (secondary N) is 1. The molecule has 0 radical (unpaired) electrons. The predicted octanol–water partition coefficient (Wildman–Crippen LogP) is 3.04. The zero-order chi connectivity index (χ0) is 16.8. The number of rotatable bonds is 5. The molecule has 0 aromatic heterocycles. The van der Waals surface area contributed by atoms with Gasteiger partial charge >= 0.3 is 0 Å². The molecule has 0 unspecified atom stereocenters. The molecule has 0 saturated carbocycles. The van der Waals surface area contributed by atoms with Gasteiger partial charge in [-0.15, -0.1) is 0 Å². The smallest absolute Gasteiger partial charge is 0.253 e. The number of nitrogens with zero attached hydrogens (tertiary/aromatic N) is 1. The number of carbonyl (C=O) groups excluding carboxylic acids is 2. The number of hydrogen-bond acceptors (Lipinski definition) is 2. The van der Waals surface area contributed by atoms with Crippen molar-refractivity contribution in [3.8, 4) is 0 Å². The number of hydrogen-bond donors (Lipinski definition) is 1. The maximum Gasteiger partial charge on any atom is 0.253 e. The zero-order valence-corrected chi connectivity index (χ0v) is 13.9. The van der Waals surface area contributed by atoms with Gasteiger partial charge in [0, 0.05) is 13.6 Å². The highest BCUT2D eigenvalue weighted by molar-refractivity contribution is 6.33. The first kappa shape index (κ1) is 17.0. The van der Waals surface area contributed by atoms with Crippen molar-refractivity contribution in [2.24, 2.45) is 0 Å². The van der Waals surface area contributed by atoms with E-state index in [-0.39, 0.29) is 18.4 Å². The van der Waals surface area contributed by atoms with Crippen molar-refractivity contribution in [3.63, 3.8) is 0 Å². The Labute approximate surface area is 141 Å². The highest BCUT2D eigenvalue weighted by Gasteiger charge is 2.13. The van der Waals surface area contributed by atoms with Crippen molar-refractivity contribution in [1.82, 2.24) is 10.2 Å². The van der Waals surface area contributed by atoms with E-state index in [0.717, 1.165) is 5.56 Å². The summed E-state index contributed by atoms with van der Waals surface area (Å²) in [6.07, 6.45) is 0. The van der Waals surface area contributed by atoms with Crippen LogP contribution in [-0.4, -0.2) is 30.3 Å². The molecule has 120 valence electrons. The maximum absolute atomic E-state index is 12.1. The van der Waals surface area contributed by atoms with E-state index in [2.05, 4.69) is 5.32 Å². The zero-order valence-electron chi connectivity index (χ0n) is 13.2. The fraction of sp³-hybridized carbons (Fsp3) is 0.222. The SMILES string of the molecule is Cc1ccc(CN(C)C(=O)CNC(=O)c2ccccc2Cl)cc1. The normalized spacial score (nSPS) is 10.2. The molecule has 5 heteroatoms. The van der Waals surface area contributed by atoms with Crippen LogP contribution in [0.4, 0.5) is 0 Å². The second kappa shape index (κ2) is 7.79. The van der Waals surface area contributed by atoms with Crippen LogP contribution in [0.25, 0.3) is 0 Å². The largest absolute Gasteiger partial charge is 0.343 e. The molecule has 23 heavy (non-hydrogen) atoms. The van der Waals surface area contributed by atoms with E-state index in [1.807, 2.05) is 31.2 Å². The van der Waals surface area contributed by atoms with Crippen molar-refractivity contribution in [2.45, 2.75) is 13.5 Å². The minimum Gasteiger partial charge on any atom is -0.343 e. The predicted molar refractivity (Wildman–Crippen MR) is 91.4 cm³/mol. The molecule has 0 fully saturated rings. The van der Waals surface area contributed by atoms with Gasteiger partial charge in [-0.1, -0.05) is 53.6 Å². The summed E-state index contributed by atoms with van der Waals surface area (Å²) in [6, 6.07) is 14.7. The lowest BCUT2D eigenvalue weighted by Crippen LogP contribution is -2.37. The molecule has 2 amide bonds. The van der Waals surface area contributed by atoms with E-state index in [0.29, 0.717) is 17.1 Å². The van der Waals surface area contributed by atoms with Crippen molar-refractivity contribution >= 4 is 23.4 Å². The second-order valence-corrected chi connectivity index (χ2v) is 5.81. The summed E-state index contributed by atoms with van der Waals surface area (Å²) in [4.78, 5) is 25.7. The van der Waals surface area contributed by atoms with Crippen LogP contribution in [0.3, 0.4) is 0 Å². The van der Waals surface area contributed by atoms with Crippen molar-refractivity contribution in [2.75, 3.05) is 13.6 Å². The number of halogens is 1. The fourth-order valence-electron chi connectivity index (χ4n) is 2.09. The first-order chi connectivity index (χ1) is 11.0. The summed E-state index contributed by atoms with van der Waals surface area (Å²) in [5.41, 5.74) is 2.58. The van der Waals surface area contributed by atoms with Crippen LogP contribution in [0.15, 0.2) is 48.5 Å². The van der Waals surface area contributed by atoms with E-state index >= 15 is 0 Å². The Morgan fingerprint density at radius 2 is 1.74 bits per heavy atom. The minimum atomic E-state index is -0.354. The maximum atomic E-state index is 12.1. The molecular formula is C18H19ClN2O2. The highest BCUT2D eigenvalue weighted by atomic mass is 35.5. The third kappa shape index (κ3) is 4.83. The van der Waals surface area contributed by atoms with Gasteiger partial charge in [0.2, 0.25) is 5.91 Å². The number of likely N-dealkylation sites (N-methyl/N-ethyl adjacent to an activating group) is 1. The van der Waals surface area contributed by atoms with Crippen molar-refractivity contribution in [3.05, 3.63) is 70.2 Å². The number of carbonyl (C=O) groups is 2. The monoisotopic (exact) mass is 330 g/mol. The van der Waals surface area contributed by atoms with E-state index in [9.17, 15) is 9.59 Å². The molecule has 0 bridgehead atoms. The second-order valence-electron chi connectivity index (χ2n) is 5.40. The number of amides is 2. The lowest BCUT2D eigenvalue weighted by Gasteiger charge is -2.18. The summed E-state index contributed by atoms with van der Waals surface area (Å²) in [7, 11) is 1.71. The highest BCUT2D eigenvalue weighted by Crippen LogP contribution is 2.14. The molecule has 0 atom stereocenters. The molecule has 4 nitrogen and oxygen atoms in total. The molecule has 0 saturated heterocycles. The molecule has 0 heterocycles. The lowest BCUT2D eigenvalue weighted by molar-refractivity contribution is -0.129. The summed E-state index contributed by atoms with van der Waals surface area (Å²) in [5, 5.41) is 2.97. The summed E-state index contributed by atoms with van der Waals surface area (Å²) < 4.78 is 0. The molecule has 2 aromatic carbocycles. The summed E-state index contributed by atoms with van der Waals surface area (Å²) in [6.45, 7) is 2.45. The van der Waals surface area contributed by atoms with E-state index < -0.39 is 0 Å². The Morgan fingerprint density at radius 3 is 2.39 bits per heavy atom. The summed E-state index contributed by atoms with van der Waals surface area (Å²) in [5.74, 6) is -0.515. The van der Waals surface area contributed by atoms with Crippen LogP contribution in [0.2, 0.25) is 5.02 Å². The lowest BCUT2D eigenvalue weighted by atomic mass is 10.1. The first-order valence-electron chi connectivity index (χ1n) is 7.29. The number of aryl methyl sites for hydroxylation is 1. The minimum absolute atomic E-state index is 0.0631. The first-order valence-corrected chi connectivity index (χ1v) is 7.67. The van der Waals surface area contributed by atoms with Gasteiger partial charge in [-0.05, 0) is 24.6 Å². The molecule has 0 aliphatic rings. The standard InChI is InChI=1S/C18H19ClN2O2/c1-13-7-9-14(10-8-13)12-21(2)17(22)11-20-18(23)15-5-3-4-6-16(15)19/h3-10H,11-12H2,1-2H3,(H,20,23). The molecule has 2 aromatic rings. The third-order valence-corrected chi connectivity index (χ3v) is 3.81. The van der Waals surface area contributed by atoms with Gasteiger partial charge < -0.3 is 10.2 Å². The van der Waals surface area contributed by atoms with Gasteiger partial charge in [0.25, 0.3) is 5.91 Å². The molecule has 0 aliphatic carbocycles. The van der Waals surface area contributed by atoms with Crippen LogP contribution in [0, 0.1) is 6.92 Å². The fourth-order valence-corrected chi connectivity index (χ4v) is 2.31. The van der Waals surface area contributed by atoms with Gasteiger partial charge in [0.1, 0.15) is 0 Å². The Morgan fingerprint density at radius 1 is 1.09 bits per heavy atom. The van der Waals surface area contributed by atoms with E-state index in [1.54, 1.807) is 36.2 Å². The Kier molecular flexibility index (Phi) is 5.77. The Balaban J connectivity index is 1.87.